The summed E-state index contributed by atoms with van der Waals surface area (Å²) in [5.41, 5.74) is 0. The quantitative estimate of drug-likeness (QED) is 0.769. The molecule has 4 nitrogen and oxygen atoms in total. The van der Waals surface area contributed by atoms with E-state index < -0.39 is 11.9 Å². The first-order valence-electron chi connectivity index (χ1n) is 5.40. The maximum absolute atomic E-state index is 9.96. The van der Waals surface area contributed by atoms with Gasteiger partial charge < -0.3 is 19.3 Å². The zero-order valence-corrected chi connectivity index (χ0v) is 10.2. The lowest BCUT2D eigenvalue weighted by Crippen LogP contribution is -2.43. The van der Waals surface area contributed by atoms with E-state index in [1.54, 1.807) is 7.11 Å². The van der Waals surface area contributed by atoms with Gasteiger partial charge in [-0.3, -0.25) is 0 Å². The minimum Gasteiger partial charge on any atom is -0.390 e. The van der Waals surface area contributed by atoms with Gasteiger partial charge in [0.25, 0.3) is 0 Å². The molecule has 4 heteroatoms. The Morgan fingerprint density at radius 3 is 2.33 bits per heavy atom. The van der Waals surface area contributed by atoms with Gasteiger partial charge in [-0.25, -0.2) is 0 Å². The largest absolute Gasteiger partial charge is 0.390 e. The fraction of sp³-hybridized carbons (Fsp3) is 1.00. The highest BCUT2D eigenvalue weighted by Gasteiger charge is 2.41. The summed E-state index contributed by atoms with van der Waals surface area (Å²) in [6.45, 7) is 8.10. The lowest BCUT2D eigenvalue weighted by atomic mass is 9.98. The SMILES string of the molecule is COC(C1COC(C)(C)O1)C(O)C(C)C. The summed E-state index contributed by atoms with van der Waals surface area (Å²) in [4.78, 5) is 0. The molecule has 0 aromatic heterocycles. The second-order valence-electron chi connectivity index (χ2n) is 4.80. The first kappa shape index (κ1) is 12.9. The monoisotopic (exact) mass is 218 g/mol. The fourth-order valence-corrected chi connectivity index (χ4v) is 1.77. The Bertz CT molecular complexity index is 203. The van der Waals surface area contributed by atoms with Gasteiger partial charge in [-0.05, 0) is 19.8 Å². The number of rotatable bonds is 4. The normalized spacial score (nSPS) is 29.4. The molecule has 0 aromatic carbocycles. The van der Waals surface area contributed by atoms with Gasteiger partial charge in [0, 0.05) is 7.11 Å². The van der Waals surface area contributed by atoms with Crippen molar-refractivity contribution >= 4 is 0 Å². The highest BCUT2D eigenvalue weighted by atomic mass is 16.7. The van der Waals surface area contributed by atoms with Gasteiger partial charge in [-0.1, -0.05) is 13.8 Å². The zero-order valence-electron chi connectivity index (χ0n) is 10.2. The highest BCUT2D eigenvalue weighted by Crippen LogP contribution is 2.27. The zero-order chi connectivity index (χ0) is 11.6. The van der Waals surface area contributed by atoms with Crippen LogP contribution in [0.4, 0.5) is 0 Å². The van der Waals surface area contributed by atoms with Crippen LogP contribution in [0.15, 0.2) is 0 Å². The summed E-state index contributed by atoms with van der Waals surface area (Å²) < 4.78 is 16.4. The van der Waals surface area contributed by atoms with Crippen molar-refractivity contribution in [1.82, 2.24) is 0 Å². The van der Waals surface area contributed by atoms with Crippen molar-refractivity contribution in [2.75, 3.05) is 13.7 Å². The van der Waals surface area contributed by atoms with Crippen molar-refractivity contribution in [1.29, 1.82) is 0 Å². The summed E-state index contributed by atoms with van der Waals surface area (Å²) in [5.74, 6) is -0.430. The number of aliphatic hydroxyl groups excluding tert-OH is 1. The molecule has 1 saturated heterocycles. The Kier molecular flexibility index (Phi) is 4.12. The first-order chi connectivity index (χ1) is 6.87. The van der Waals surface area contributed by atoms with E-state index in [1.807, 2.05) is 27.7 Å². The molecule has 3 atom stereocenters. The van der Waals surface area contributed by atoms with E-state index in [1.165, 1.54) is 0 Å². The fourth-order valence-electron chi connectivity index (χ4n) is 1.77. The van der Waals surface area contributed by atoms with Crippen LogP contribution in [0.5, 0.6) is 0 Å². The molecular weight excluding hydrogens is 196 g/mol. The average molecular weight is 218 g/mol. The van der Waals surface area contributed by atoms with Crippen molar-refractivity contribution in [3.05, 3.63) is 0 Å². The predicted molar refractivity (Wildman–Crippen MR) is 56.5 cm³/mol. The summed E-state index contributed by atoms with van der Waals surface area (Å²) in [6.07, 6.45) is -1.05. The third-order valence-electron chi connectivity index (χ3n) is 2.69. The number of hydrogen-bond donors (Lipinski definition) is 1. The lowest BCUT2D eigenvalue weighted by molar-refractivity contribution is -0.168. The molecule has 1 rings (SSSR count). The van der Waals surface area contributed by atoms with Crippen molar-refractivity contribution in [2.45, 2.75) is 51.8 Å². The van der Waals surface area contributed by atoms with Gasteiger partial charge in [0.05, 0.1) is 12.7 Å². The summed E-state index contributed by atoms with van der Waals surface area (Å²) in [7, 11) is 1.59. The van der Waals surface area contributed by atoms with E-state index in [2.05, 4.69) is 0 Å². The Labute approximate surface area is 91.5 Å². The maximum Gasteiger partial charge on any atom is 0.163 e. The second-order valence-corrected chi connectivity index (χ2v) is 4.80. The Morgan fingerprint density at radius 2 is 2.00 bits per heavy atom. The molecule has 0 aromatic rings. The highest BCUT2D eigenvalue weighted by molar-refractivity contribution is 4.84. The molecular formula is C11H22O4. The third kappa shape index (κ3) is 3.14. The molecule has 1 aliphatic heterocycles. The molecule has 0 aliphatic carbocycles. The number of aliphatic hydroxyl groups is 1. The standard InChI is InChI=1S/C11H22O4/c1-7(2)9(12)10(13-5)8-6-14-11(3,4)15-8/h7-10,12H,6H2,1-5H3. The molecule has 0 saturated carbocycles. The van der Waals surface area contributed by atoms with E-state index in [-0.39, 0.29) is 18.1 Å². The van der Waals surface area contributed by atoms with Crippen LogP contribution in [0, 0.1) is 5.92 Å². The van der Waals surface area contributed by atoms with Crippen LogP contribution in [-0.4, -0.2) is 42.9 Å². The van der Waals surface area contributed by atoms with Crippen LogP contribution in [0.3, 0.4) is 0 Å². The van der Waals surface area contributed by atoms with Gasteiger partial charge >= 0.3 is 0 Å². The molecule has 0 amide bonds. The number of hydrogen-bond acceptors (Lipinski definition) is 4. The van der Waals surface area contributed by atoms with Gasteiger partial charge in [-0.15, -0.1) is 0 Å². The summed E-state index contributed by atoms with van der Waals surface area (Å²) >= 11 is 0. The third-order valence-corrected chi connectivity index (χ3v) is 2.69. The van der Waals surface area contributed by atoms with E-state index in [0.29, 0.717) is 6.61 Å². The van der Waals surface area contributed by atoms with Gasteiger partial charge in [0.2, 0.25) is 0 Å². The molecule has 1 heterocycles. The summed E-state index contributed by atoms with van der Waals surface area (Å²) in [5, 5.41) is 9.96. The Hall–Kier alpha value is -0.160. The van der Waals surface area contributed by atoms with E-state index in [9.17, 15) is 5.11 Å². The maximum atomic E-state index is 9.96. The van der Waals surface area contributed by atoms with Crippen LogP contribution in [0.1, 0.15) is 27.7 Å². The van der Waals surface area contributed by atoms with Crippen LogP contribution in [0.2, 0.25) is 0 Å². The van der Waals surface area contributed by atoms with Gasteiger partial charge in [-0.2, -0.15) is 0 Å². The second kappa shape index (κ2) is 4.78. The molecule has 1 N–H and O–H groups in total. The average Bonchev–Trinajstić information content (AvgIpc) is 2.47. The topological polar surface area (TPSA) is 47.9 Å². The van der Waals surface area contributed by atoms with Crippen molar-refractivity contribution < 1.29 is 19.3 Å². The minimum absolute atomic E-state index is 0.141. The molecule has 1 fully saturated rings. The molecule has 15 heavy (non-hydrogen) atoms. The molecule has 0 spiro atoms. The van der Waals surface area contributed by atoms with Crippen LogP contribution in [-0.2, 0) is 14.2 Å². The molecule has 1 aliphatic rings. The Morgan fingerprint density at radius 1 is 1.40 bits per heavy atom. The van der Waals surface area contributed by atoms with Crippen molar-refractivity contribution in [3.8, 4) is 0 Å². The van der Waals surface area contributed by atoms with Crippen LogP contribution < -0.4 is 0 Å². The van der Waals surface area contributed by atoms with Crippen LogP contribution in [0.25, 0.3) is 0 Å². The smallest absolute Gasteiger partial charge is 0.163 e. The van der Waals surface area contributed by atoms with Crippen molar-refractivity contribution in [3.63, 3.8) is 0 Å². The lowest BCUT2D eigenvalue weighted by Gasteiger charge is -2.29. The van der Waals surface area contributed by atoms with Crippen molar-refractivity contribution in [2.24, 2.45) is 5.92 Å². The molecule has 0 radical (unpaired) electrons. The van der Waals surface area contributed by atoms with Gasteiger partial charge in [0.1, 0.15) is 12.2 Å². The van der Waals surface area contributed by atoms with Crippen LogP contribution >= 0.6 is 0 Å². The Balaban J connectivity index is 2.60. The molecule has 90 valence electrons. The van der Waals surface area contributed by atoms with E-state index in [0.717, 1.165) is 0 Å². The number of ether oxygens (including phenoxy) is 3. The van der Waals surface area contributed by atoms with E-state index >= 15 is 0 Å². The predicted octanol–water partition coefficient (Wildman–Crippen LogP) is 1.17. The van der Waals surface area contributed by atoms with E-state index in [4.69, 9.17) is 14.2 Å². The molecule has 3 unspecified atom stereocenters. The number of methoxy groups -OCH3 is 1. The minimum atomic E-state index is -0.571. The summed E-state index contributed by atoms with van der Waals surface area (Å²) in [6, 6.07) is 0. The van der Waals surface area contributed by atoms with Gasteiger partial charge in [0.15, 0.2) is 5.79 Å². The first-order valence-corrected chi connectivity index (χ1v) is 5.40. The molecule has 0 bridgehead atoms.